The fourth-order valence-corrected chi connectivity index (χ4v) is 5.07. The van der Waals surface area contributed by atoms with Crippen LogP contribution in [0.4, 0.5) is 5.69 Å². The number of rotatable bonds is 8. The van der Waals surface area contributed by atoms with Gasteiger partial charge in [0.15, 0.2) is 5.11 Å². The Balaban J connectivity index is 1.36. The van der Waals surface area contributed by atoms with Gasteiger partial charge in [0.25, 0.3) is 5.91 Å². The maximum Gasteiger partial charge on any atom is 0.269 e. The Morgan fingerprint density at radius 3 is 2.62 bits per heavy atom. The van der Waals surface area contributed by atoms with Gasteiger partial charge in [0.05, 0.1) is 24.4 Å². The van der Waals surface area contributed by atoms with Crippen molar-refractivity contribution >= 4 is 61.9 Å². The number of fused-ring (bicyclic) bond motifs is 1. The molecule has 8 heteroatoms. The summed E-state index contributed by atoms with van der Waals surface area (Å²) in [6.45, 7) is 0.563. The van der Waals surface area contributed by atoms with Crippen molar-refractivity contribution in [2.45, 2.75) is 12.8 Å². The average molecular weight is 511 g/mol. The number of nitrogens with one attached hydrogen (secondary N) is 2. The third kappa shape index (κ3) is 5.86. The first-order valence-corrected chi connectivity index (χ1v) is 12.3. The van der Waals surface area contributed by atoms with Crippen molar-refractivity contribution in [3.63, 3.8) is 0 Å². The molecule has 0 atom stereocenters. The Bertz CT molecular complexity index is 1310. The van der Waals surface area contributed by atoms with Crippen LogP contribution in [0.3, 0.4) is 0 Å². The minimum Gasteiger partial charge on any atom is -0.497 e. The number of methoxy groups -OCH3 is 1. The van der Waals surface area contributed by atoms with Crippen molar-refractivity contribution in [3.05, 3.63) is 88.3 Å². The summed E-state index contributed by atoms with van der Waals surface area (Å²) in [5.41, 5.74) is 1.96. The van der Waals surface area contributed by atoms with Crippen LogP contribution in [0.1, 0.15) is 21.7 Å². The molecule has 34 heavy (non-hydrogen) atoms. The van der Waals surface area contributed by atoms with Crippen molar-refractivity contribution in [1.29, 1.82) is 0 Å². The number of thiocarbonyl (C=S) groups is 1. The number of thiophene rings is 1. The van der Waals surface area contributed by atoms with Crippen molar-refractivity contribution in [2.75, 3.05) is 19.0 Å². The SMILES string of the molecule is COc1ccc2c(Cl)c(C(=O)NC(=S)Nc3ccccc3OCCCc3ccccc3)sc2c1. The summed E-state index contributed by atoms with van der Waals surface area (Å²) in [5.74, 6) is 0.998. The first kappa shape index (κ1) is 24.0. The second-order valence-corrected chi connectivity index (χ2v) is 9.29. The van der Waals surface area contributed by atoms with E-state index in [2.05, 4.69) is 22.8 Å². The maximum atomic E-state index is 12.8. The Morgan fingerprint density at radius 2 is 1.82 bits per heavy atom. The molecule has 0 aliphatic heterocycles. The number of ether oxygens (including phenoxy) is 2. The van der Waals surface area contributed by atoms with Crippen LogP contribution in [0.15, 0.2) is 72.8 Å². The number of halogens is 1. The zero-order valence-electron chi connectivity index (χ0n) is 18.5. The number of hydrogen-bond acceptors (Lipinski definition) is 5. The highest BCUT2D eigenvalue weighted by atomic mass is 35.5. The van der Waals surface area contributed by atoms with Gasteiger partial charge in [-0.15, -0.1) is 11.3 Å². The van der Waals surface area contributed by atoms with E-state index < -0.39 is 0 Å². The molecule has 0 saturated heterocycles. The molecule has 0 fully saturated rings. The quantitative estimate of drug-likeness (QED) is 0.204. The Kier molecular flexibility index (Phi) is 8.00. The highest BCUT2D eigenvalue weighted by Crippen LogP contribution is 2.37. The van der Waals surface area contributed by atoms with Gasteiger partial charge in [-0.1, -0.05) is 54.1 Å². The number of hydrogen-bond donors (Lipinski definition) is 2. The predicted molar refractivity (Wildman–Crippen MR) is 144 cm³/mol. The highest BCUT2D eigenvalue weighted by molar-refractivity contribution is 7.80. The zero-order chi connectivity index (χ0) is 23.9. The van der Waals surface area contributed by atoms with Crippen LogP contribution in [0.25, 0.3) is 10.1 Å². The molecule has 174 valence electrons. The highest BCUT2D eigenvalue weighted by Gasteiger charge is 2.19. The number of carbonyl (C=O) groups excluding carboxylic acids is 1. The summed E-state index contributed by atoms with van der Waals surface area (Å²) in [4.78, 5) is 13.2. The van der Waals surface area contributed by atoms with Gasteiger partial charge < -0.3 is 14.8 Å². The average Bonchev–Trinajstić information content (AvgIpc) is 3.19. The van der Waals surface area contributed by atoms with Crippen LogP contribution in [-0.4, -0.2) is 24.7 Å². The molecule has 0 aliphatic rings. The van der Waals surface area contributed by atoms with E-state index in [9.17, 15) is 4.79 Å². The van der Waals surface area contributed by atoms with Crippen LogP contribution in [0.2, 0.25) is 5.02 Å². The van der Waals surface area contributed by atoms with Gasteiger partial charge in [-0.05, 0) is 61.0 Å². The number of amides is 1. The Morgan fingerprint density at radius 1 is 1.06 bits per heavy atom. The fraction of sp³-hybridized carbons (Fsp3) is 0.154. The van der Waals surface area contributed by atoms with Crippen molar-refractivity contribution in [2.24, 2.45) is 0 Å². The van der Waals surface area contributed by atoms with E-state index in [4.69, 9.17) is 33.3 Å². The van der Waals surface area contributed by atoms with E-state index in [1.165, 1.54) is 16.9 Å². The summed E-state index contributed by atoms with van der Waals surface area (Å²) in [7, 11) is 1.60. The largest absolute Gasteiger partial charge is 0.497 e. The van der Waals surface area contributed by atoms with Gasteiger partial charge in [-0.25, -0.2) is 0 Å². The summed E-state index contributed by atoms with van der Waals surface area (Å²) in [6, 6.07) is 23.3. The molecule has 5 nitrogen and oxygen atoms in total. The molecule has 1 heterocycles. The summed E-state index contributed by atoms with van der Waals surface area (Å²) < 4.78 is 12.1. The van der Waals surface area contributed by atoms with Crippen LogP contribution in [-0.2, 0) is 6.42 Å². The molecule has 1 amide bonds. The van der Waals surface area contributed by atoms with Gasteiger partial charge in [0.2, 0.25) is 0 Å². The molecule has 1 aromatic heterocycles. The molecule has 0 radical (unpaired) electrons. The topological polar surface area (TPSA) is 59.6 Å². The molecule has 4 aromatic rings. The van der Waals surface area contributed by atoms with Gasteiger partial charge in [-0.3, -0.25) is 10.1 Å². The van der Waals surface area contributed by atoms with E-state index in [-0.39, 0.29) is 11.0 Å². The minimum absolute atomic E-state index is 0.163. The van der Waals surface area contributed by atoms with E-state index in [0.717, 1.165) is 22.9 Å². The molecule has 0 aliphatic carbocycles. The standard InChI is InChI=1S/C26H23ClN2O3S2/c1-31-18-13-14-19-22(16-18)34-24(23(19)27)25(30)29-26(33)28-20-11-5-6-12-21(20)32-15-7-10-17-8-3-2-4-9-17/h2-6,8-9,11-14,16H,7,10,15H2,1H3,(H2,28,29,30,33). The lowest BCUT2D eigenvalue weighted by atomic mass is 10.1. The van der Waals surface area contributed by atoms with Crippen LogP contribution >= 0.6 is 35.2 Å². The zero-order valence-corrected chi connectivity index (χ0v) is 20.9. The fourth-order valence-electron chi connectivity index (χ4n) is 3.43. The molecule has 3 aromatic carbocycles. The first-order chi connectivity index (χ1) is 16.5. The normalized spacial score (nSPS) is 10.6. The Hall–Kier alpha value is -3.13. The molecule has 4 rings (SSSR count). The van der Waals surface area contributed by atoms with Crippen molar-refractivity contribution in [3.8, 4) is 11.5 Å². The lowest BCUT2D eigenvalue weighted by Gasteiger charge is -2.14. The van der Waals surface area contributed by atoms with Gasteiger partial charge in [0, 0.05) is 10.1 Å². The lowest BCUT2D eigenvalue weighted by molar-refractivity contribution is 0.0982. The molecule has 0 unspecified atom stereocenters. The molecule has 0 spiro atoms. The van der Waals surface area contributed by atoms with E-state index in [1.807, 2.05) is 60.7 Å². The van der Waals surface area contributed by atoms with Crippen molar-refractivity contribution < 1.29 is 14.3 Å². The molecular formula is C26H23ClN2O3S2. The van der Waals surface area contributed by atoms with Gasteiger partial charge in [0.1, 0.15) is 16.4 Å². The maximum absolute atomic E-state index is 12.8. The van der Waals surface area contributed by atoms with Gasteiger partial charge >= 0.3 is 0 Å². The number of para-hydroxylation sites is 2. The van der Waals surface area contributed by atoms with Gasteiger partial charge in [-0.2, -0.15) is 0 Å². The van der Waals surface area contributed by atoms with E-state index in [1.54, 1.807) is 7.11 Å². The first-order valence-electron chi connectivity index (χ1n) is 10.7. The summed E-state index contributed by atoms with van der Waals surface area (Å²) in [6.07, 6.45) is 1.82. The van der Waals surface area contributed by atoms with E-state index >= 15 is 0 Å². The molecule has 0 bridgehead atoms. The summed E-state index contributed by atoms with van der Waals surface area (Å²) >= 11 is 13.1. The minimum atomic E-state index is -0.371. The molecule has 0 saturated carbocycles. The van der Waals surface area contributed by atoms with E-state index in [0.29, 0.717) is 33.7 Å². The predicted octanol–water partition coefficient (Wildman–Crippen LogP) is 6.70. The smallest absolute Gasteiger partial charge is 0.269 e. The number of anilines is 1. The number of carbonyl (C=O) groups is 1. The second-order valence-electron chi connectivity index (χ2n) is 7.45. The van der Waals surface area contributed by atoms with Crippen molar-refractivity contribution in [1.82, 2.24) is 5.32 Å². The Labute approximate surface area is 212 Å². The summed E-state index contributed by atoms with van der Waals surface area (Å²) in [5, 5.41) is 7.12. The number of benzene rings is 3. The monoisotopic (exact) mass is 510 g/mol. The molecule has 2 N–H and O–H groups in total. The molecular weight excluding hydrogens is 488 g/mol. The van der Waals surface area contributed by atoms with Crippen LogP contribution in [0.5, 0.6) is 11.5 Å². The third-order valence-electron chi connectivity index (χ3n) is 5.12. The lowest BCUT2D eigenvalue weighted by Crippen LogP contribution is -2.33. The van der Waals surface area contributed by atoms with Crippen LogP contribution in [0, 0.1) is 0 Å². The third-order valence-corrected chi connectivity index (χ3v) is 6.98. The number of aryl methyl sites for hydroxylation is 1. The van der Waals surface area contributed by atoms with Crippen LogP contribution < -0.4 is 20.1 Å². The second kappa shape index (κ2) is 11.3.